The molecular formula is C12H17N3O. The van der Waals surface area contributed by atoms with E-state index in [4.69, 9.17) is 5.73 Å². The van der Waals surface area contributed by atoms with E-state index in [1.807, 2.05) is 30.3 Å². The molecule has 4 nitrogen and oxygen atoms in total. The molecule has 1 saturated carbocycles. The Labute approximate surface area is 95.2 Å². The summed E-state index contributed by atoms with van der Waals surface area (Å²) in [6.45, 7) is 0.301. The van der Waals surface area contributed by atoms with E-state index in [9.17, 15) is 5.11 Å². The minimum Gasteiger partial charge on any atom is -0.386 e. The van der Waals surface area contributed by atoms with Crippen LogP contribution < -0.4 is 11.1 Å². The maximum atomic E-state index is 9.83. The molecule has 1 aliphatic rings. The van der Waals surface area contributed by atoms with Gasteiger partial charge in [-0.15, -0.1) is 0 Å². The Morgan fingerprint density at radius 1 is 1.44 bits per heavy atom. The van der Waals surface area contributed by atoms with Crippen molar-refractivity contribution in [2.45, 2.75) is 25.0 Å². The largest absolute Gasteiger partial charge is 0.386 e. The molecular weight excluding hydrogens is 202 g/mol. The Kier molecular flexibility index (Phi) is 3.41. The molecule has 1 aromatic carbocycles. The number of benzene rings is 1. The summed E-state index contributed by atoms with van der Waals surface area (Å²) < 4.78 is 0. The lowest BCUT2D eigenvalue weighted by Crippen LogP contribution is -2.33. The monoisotopic (exact) mass is 219 g/mol. The molecule has 0 aromatic heterocycles. The second-order valence-electron chi connectivity index (χ2n) is 4.07. The van der Waals surface area contributed by atoms with Crippen LogP contribution in [0.15, 0.2) is 35.3 Å². The molecule has 1 aliphatic carbocycles. The highest BCUT2D eigenvalue weighted by molar-refractivity contribution is 5.78. The van der Waals surface area contributed by atoms with Gasteiger partial charge in [-0.25, -0.2) is 0 Å². The predicted octanol–water partition coefficient (Wildman–Crippen LogP) is 0.787. The maximum Gasteiger partial charge on any atom is 0.188 e. The van der Waals surface area contributed by atoms with Crippen LogP contribution in [0.4, 0.5) is 0 Å². The van der Waals surface area contributed by atoms with Crippen molar-refractivity contribution in [1.82, 2.24) is 5.32 Å². The summed E-state index contributed by atoms with van der Waals surface area (Å²) in [5, 5.41) is 12.9. The molecule has 1 atom stereocenters. The zero-order valence-corrected chi connectivity index (χ0v) is 9.13. The first kappa shape index (κ1) is 11.0. The second kappa shape index (κ2) is 4.99. The number of nitrogens with one attached hydrogen (secondary N) is 1. The van der Waals surface area contributed by atoms with Crippen LogP contribution in [0, 0.1) is 0 Å². The molecule has 0 amide bonds. The zero-order chi connectivity index (χ0) is 11.4. The lowest BCUT2D eigenvalue weighted by molar-refractivity contribution is 0.187. The molecule has 1 unspecified atom stereocenters. The van der Waals surface area contributed by atoms with Crippen molar-refractivity contribution < 1.29 is 5.11 Å². The second-order valence-corrected chi connectivity index (χ2v) is 4.07. The molecule has 0 spiro atoms. The van der Waals surface area contributed by atoms with Crippen molar-refractivity contribution in [2.24, 2.45) is 10.7 Å². The maximum absolute atomic E-state index is 9.83. The molecule has 86 valence electrons. The highest BCUT2D eigenvalue weighted by Gasteiger charge is 2.21. The summed E-state index contributed by atoms with van der Waals surface area (Å²) in [5.41, 5.74) is 6.53. The Hall–Kier alpha value is -1.55. The van der Waals surface area contributed by atoms with Gasteiger partial charge in [-0.05, 0) is 18.4 Å². The number of hydrogen-bond acceptors (Lipinski definition) is 2. The number of rotatable bonds is 4. The molecule has 4 N–H and O–H groups in total. The molecule has 1 aromatic rings. The summed E-state index contributed by atoms with van der Waals surface area (Å²) >= 11 is 0. The molecule has 0 aliphatic heterocycles. The van der Waals surface area contributed by atoms with Gasteiger partial charge in [0, 0.05) is 6.04 Å². The van der Waals surface area contributed by atoms with Crippen LogP contribution in [0.5, 0.6) is 0 Å². The van der Waals surface area contributed by atoms with Gasteiger partial charge in [0.25, 0.3) is 0 Å². The van der Waals surface area contributed by atoms with Crippen molar-refractivity contribution in [3.63, 3.8) is 0 Å². The number of guanidine groups is 1. The predicted molar refractivity (Wildman–Crippen MR) is 64.0 cm³/mol. The third-order valence-electron chi connectivity index (χ3n) is 2.55. The van der Waals surface area contributed by atoms with E-state index in [2.05, 4.69) is 10.3 Å². The van der Waals surface area contributed by atoms with E-state index in [0.29, 0.717) is 18.5 Å². The van der Waals surface area contributed by atoms with Gasteiger partial charge in [0.2, 0.25) is 0 Å². The van der Waals surface area contributed by atoms with Crippen molar-refractivity contribution in [2.75, 3.05) is 6.54 Å². The van der Waals surface area contributed by atoms with E-state index >= 15 is 0 Å². The topological polar surface area (TPSA) is 70.6 Å². The first-order valence-electron chi connectivity index (χ1n) is 5.55. The van der Waals surface area contributed by atoms with Crippen LogP contribution >= 0.6 is 0 Å². The van der Waals surface area contributed by atoms with Crippen LogP contribution in [-0.4, -0.2) is 23.7 Å². The fourth-order valence-electron chi connectivity index (χ4n) is 1.45. The molecule has 1 fully saturated rings. The van der Waals surface area contributed by atoms with Crippen LogP contribution in [0.3, 0.4) is 0 Å². The van der Waals surface area contributed by atoms with Gasteiger partial charge in [-0.3, -0.25) is 4.99 Å². The quantitative estimate of drug-likeness (QED) is 0.518. The molecule has 0 bridgehead atoms. The molecule has 4 heteroatoms. The van der Waals surface area contributed by atoms with Crippen molar-refractivity contribution in [1.29, 1.82) is 0 Å². The Morgan fingerprint density at radius 3 is 2.75 bits per heavy atom. The Morgan fingerprint density at radius 2 is 2.12 bits per heavy atom. The molecule has 0 heterocycles. The smallest absolute Gasteiger partial charge is 0.188 e. The summed E-state index contributed by atoms with van der Waals surface area (Å²) in [7, 11) is 0. The number of hydrogen-bond donors (Lipinski definition) is 3. The highest BCUT2D eigenvalue weighted by Crippen LogP contribution is 2.18. The number of aliphatic hydroxyl groups excluding tert-OH is 1. The van der Waals surface area contributed by atoms with Crippen LogP contribution in [0.25, 0.3) is 0 Å². The third kappa shape index (κ3) is 3.24. The van der Waals surface area contributed by atoms with Gasteiger partial charge in [-0.1, -0.05) is 30.3 Å². The van der Waals surface area contributed by atoms with Gasteiger partial charge >= 0.3 is 0 Å². The molecule has 0 radical (unpaired) electrons. The average Bonchev–Trinajstić information content (AvgIpc) is 3.11. The number of nitrogens with two attached hydrogens (primary N) is 1. The fraction of sp³-hybridized carbons (Fsp3) is 0.417. The summed E-state index contributed by atoms with van der Waals surface area (Å²) in [6.07, 6.45) is 1.75. The first-order valence-corrected chi connectivity index (χ1v) is 5.55. The Bertz CT molecular complexity index is 360. The SMILES string of the molecule is NC(=NCC(O)c1ccccc1)NC1CC1. The summed E-state index contributed by atoms with van der Waals surface area (Å²) in [6, 6.07) is 9.97. The molecule has 2 rings (SSSR count). The van der Waals surface area contributed by atoms with Crippen molar-refractivity contribution in [3.05, 3.63) is 35.9 Å². The number of aliphatic hydroxyl groups is 1. The minimum absolute atomic E-state index is 0.301. The van der Waals surface area contributed by atoms with Crippen LogP contribution in [0.2, 0.25) is 0 Å². The zero-order valence-electron chi connectivity index (χ0n) is 9.13. The van der Waals surface area contributed by atoms with Crippen LogP contribution in [0.1, 0.15) is 24.5 Å². The van der Waals surface area contributed by atoms with E-state index < -0.39 is 6.10 Å². The Balaban J connectivity index is 1.84. The summed E-state index contributed by atoms with van der Waals surface area (Å²) in [5.74, 6) is 0.428. The van der Waals surface area contributed by atoms with Gasteiger partial charge in [-0.2, -0.15) is 0 Å². The normalized spacial score (nSPS) is 18.2. The van der Waals surface area contributed by atoms with Gasteiger partial charge in [0.05, 0.1) is 12.6 Å². The van der Waals surface area contributed by atoms with Gasteiger partial charge < -0.3 is 16.2 Å². The standard InChI is InChI=1S/C12H17N3O/c13-12(15-10-6-7-10)14-8-11(16)9-4-2-1-3-5-9/h1-5,10-11,16H,6-8H2,(H3,13,14,15). The number of aliphatic imine (C=N–C) groups is 1. The first-order chi connectivity index (χ1) is 7.75. The van der Waals surface area contributed by atoms with Crippen molar-refractivity contribution in [3.8, 4) is 0 Å². The number of nitrogens with zero attached hydrogens (tertiary/aromatic N) is 1. The average molecular weight is 219 g/mol. The molecule has 16 heavy (non-hydrogen) atoms. The van der Waals surface area contributed by atoms with E-state index in [-0.39, 0.29) is 0 Å². The van der Waals surface area contributed by atoms with Gasteiger partial charge in [0.15, 0.2) is 5.96 Å². The highest BCUT2D eigenvalue weighted by atomic mass is 16.3. The lowest BCUT2D eigenvalue weighted by Gasteiger charge is -2.09. The lowest BCUT2D eigenvalue weighted by atomic mass is 10.1. The van der Waals surface area contributed by atoms with E-state index in [1.165, 1.54) is 0 Å². The summed E-state index contributed by atoms with van der Waals surface area (Å²) in [4.78, 5) is 4.11. The minimum atomic E-state index is -0.583. The van der Waals surface area contributed by atoms with Crippen molar-refractivity contribution >= 4 is 5.96 Å². The third-order valence-corrected chi connectivity index (χ3v) is 2.55. The van der Waals surface area contributed by atoms with Crippen LogP contribution in [-0.2, 0) is 0 Å². The fourth-order valence-corrected chi connectivity index (χ4v) is 1.45. The molecule has 0 saturated heterocycles. The van der Waals surface area contributed by atoms with E-state index in [0.717, 1.165) is 18.4 Å². The van der Waals surface area contributed by atoms with E-state index in [1.54, 1.807) is 0 Å². The van der Waals surface area contributed by atoms with Gasteiger partial charge in [0.1, 0.15) is 0 Å².